The number of hydrogen-bond donors (Lipinski definition) is 0. The van der Waals surface area contributed by atoms with E-state index in [0.717, 1.165) is 65.8 Å². The van der Waals surface area contributed by atoms with Gasteiger partial charge in [-0.15, -0.1) is 0 Å². The van der Waals surface area contributed by atoms with Gasteiger partial charge in [0.1, 0.15) is 28.0 Å². The molecule has 9 aromatic carbocycles. The topological polar surface area (TPSA) is 57.0 Å². The van der Waals surface area contributed by atoms with Crippen molar-refractivity contribution in [2.75, 3.05) is 0 Å². The van der Waals surface area contributed by atoms with Crippen LogP contribution in [0.3, 0.4) is 0 Å². The minimum atomic E-state index is 0.571. The van der Waals surface area contributed by atoms with E-state index in [2.05, 4.69) is 132 Å². The van der Waals surface area contributed by atoms with E-state index in [1.165, 1.54) is 43.1 Å². The Kier molecular flexibility index (Phi) is 5.57. The largest absolute Gasteiger partial charge is 0.455 e. The summed E-state index contributed by atoms with van der Waals surface area (Å²) in [4.78, 5) is 10.9. The Hall–Kier alpha value is -7.50. The zero-order chi connectivity index (χ0) is 35.8. The van der Waals surface area contributed by atoms with Crippen LogP contribution in [0.25, 0.3) is 126 Å². The molecule has 13 aromatic rings. The van der Waals surface area contributed by atoms with Gasteiger partial charge in [-0.2, -0.15) is 0 Å². The number of fused-ring (bicyclic) bond motifs is 17. The van der Waals surface area contributed by atoms with Gasteiger partial charge in [0, 0.05) is 37.9 Å². The molecular weight excluding hydrogens is 675 g/mol. The zero-order valence-corrected chi connectivity index (χ0v) is 29.2. The lowest BCUT2D eigenvalue weighted by Gasteiger charge is -2.12. The van der Waals surface area contributed by atoms with Crippen LogP contribution in [0.2, 0.25) is 0 Å². The molecule has 4 heterocycles. The molecule has 0 aliphatic carbocycles. The van der Waals surface area contributed by atoms with Crippen molar-refractivity contribution in [3.05, 3.63) is 164 Å². The van der Waals surface area contributed by atoms with Crippen molar-refractivity contribution in [2.45, 2.75) is 0 Å². The van der Waals surface area contributed by atoms with E-state index in [9.17, 15) is 0 Å². The predicted molar refractivity (Wildman–Crippen MR) is 226 cm³/mol. The van der Waals surface area contributed by atoms with Gasteiger partial charge in [-0.3, -0.25) is 4.57 Å². The standard InChI is InChI=1S/C50H27N3O2/c1-2-13-29-27-41-39(26-28(29)12-1)45-40(25-24-35-32-16-4-3-14-30(32)31-15-5-6-18-34(31)44(35)45)53(41)50-51-46-37-19-8-10-23-43(37)55-49(46)47(52-50)38-21-11-20-36-33-17-7-9-22-42(33)54-48(36)38/h1-27H. The van der Waals surface area contributed by atoms with Crippen LogP contribution in [-0.4, -0.2) is 14.5 Å². The van der Waals surface area contributed by atoms with Crippen LogP contribution < -0.4 is 0 Å². The number of para-hydroxylation sites is 3. The Morgan fingerprint density at radius 1 is 0.382 bits per heavy atom. The lowest BCUT2D eigenvalue weighted by atomic mass is 9.91. The second-order valence-corrected chi connectivity index (χ2v) is 14.5. The number of furan rings is 2. The van der Waals surface area contributed by atoms with Crippen LogP contribution in [0.15, 0.2) is 173 Å². The van der Waals surface area contributed by atoms with E-state index in [-0.39, 0.29) is 0 Å². The van der Waals surface area contributed by atoms with Gasteiger partial charge in [0.2, 0.25) is 5.95 Å². The molecule has 0 saturated heterocycles. The van der Waals surface area contributed by atoms with Crippen LogP contribution in [0.1, 0.15) is 0 Å². The smallest absolute Gasteiger partial charge is 0.236 e. The molecule has 4 aromatic heterocycles. The summed E-state index contributed by atoms with van der Waals surface area (Å²) in [5, 5.41) is 15.1. The molecule has 0 saturated carbocycles. The summed E-state index contributed by atoms with van der Waals surface area (Å²) in [5.41, 5.74) is 7.39. The first-order valence-electron chi connectivity index (χ1n) is 18.6. The first kappa shape index (κ1) is 29.0. The van der Waals surface area contributed by atoms with Crippen LogP contribution in [0.5, 0.6) is 0 Å². The van der Waals surface area contributed by atoms with E-state index >= 15 is 0 Å². The minimum Gasteiger partial charge on any atom is -0.455 e. The summed E-state index contributed by atoms with van der Waals surface area (Å²) in [5.74, 6) is 0.571. The summed E-state index contributed by atoms with van der Waals surface area (Å²) in [6.45, 7) is 0. The molecule has 0 N–H and O–H groups in total. The summed E-state index contributed by atoms with van der Waals surface area (Å²) >= 11 is 0. The van der Waals surface area contributed by atoms with Crippen molar-refractivity contribution in [3.63, 3.8) is 0 Å². The molecule has 254 valence electrons. The van der Waals surface area contributed by atoms with Crippen LogP contribution in [0.4, 0.5) is 0 Å². The highest BCUT2D eigenvalue weighted by molar-refractivity contribution is 6.35. The highest BCUT2D eigenvalue weighted by Gasteiger charge is 2.25. The van der Waals surface area contributed by atoms with E-state index in [1.54, 1.807) is 0 Å². The quantitative estimate of drug-likeness (QED) is 0.168. The van der Waals surface area contributed by atoms with E-state index in [1.807, 2.05) is 36.4 Å². The third kappa shape index (κ3) is 3.86. The van der Waals surface area contributed by atoms with Gasteiger partial charge in [0.25, 0.3) is 0 Å². The Morgan fingerprint density at radius 2 is 0.964 bits per heavy atom. The fraction of sp³-hybridized carbons (Fsp3) is 0. The maximum atomic E-state index is 6.64. The Bertz CT molecular complexity index is 3760. The molecule has 0 aliphatic rings. The van der Waals surface area contributed by atoms with Crippen molar-refractivity contribution in [1.29, 1.82) is 0 Å². The normalized spacial score (nSPS) is 12.4. The zero-order valence-electron chi connectivity index (χ0n) is 29.2. The number of rotatable bonds is 2. The molecule has 0 fully saturated rings. The number of nitrogens with zero attached hydrogens (tertiary/aromatic N) is 3. The molecular formula is C50H27N3O2. The van der Waals surface area contributed by atoms with Crippen molar-refractivity contribution >= 4 is 109 Å². The molecule has 0 spiro atoms. The second-order valence-electron chi connectivity index (χ2n) is 14.5. The van der Waals surface area contributed by atoms with Crippen molar-refractivity contribution in [3.8, 4) is 17.2 Å². The molecule has 0 atom stereocenters. The fourth-order valence-corrected chi connectivity index (χ4v) is 9.20. The van der Waals surface area contributed by atoms with Gasteiger partial charge in [-0.05, 0) is 80.2 Å². The SMILES string of the molecule is c1ccc2cc3c(cc2c1)c1c2c4ccccc4c4ccccc4c2ccc1n3-c1nc(-c2cccc3c2oc2ccccc23)c2oc3ccccc3c2n1. The van der Waals surface area contributed by atoms with Gasteiger partial charge in [-0.1, -0.05) is 121 Å². The van der Waals surface area contributed by atoms with Crippen LogP contribution >= 0.6 is 0 Å². The van der Waals surface area contributed by atoms with E-state index < -0.39 is 0 Å². The molecule has 13 rings (SSSR count). The van der Waals surface area contributed by atoms with Gasteiger partial charge in [0.05, 0.1) is 11.0 Å². The van der Waals surface area contributed by atoms with Crippen LogP contribution in [0, 0.1) is 0 Å². The average molecular weight is 702 g/mol. The van der Waals surface area contributed by atoms with Crippen molar-refractivity contribution in [2.24, 2.45) is 0 Å². The summed E-state index contributed by atoms with van der Waals surface area (Å²) in [7, 11) is 0. The van der Waals surface area contributed by atoms with E-state index in [0.29, 0.717) is 17.2 Å². The summed E-state index contributed by atoms with van der Waals surface area (Å²) < 4.78 is 15.5. The first-order valence-corrected chi connectivity index (χ1v) is 18.6. The predicted octanol–water partition coefficient (Wildman–Crippen LogP) is 13.7. The van der Waals surface area contributed by atoms with E-state index in [4.69, 9.17) is 18.8 Å². The molecule has 0 unspecified atom stereocenters. The third-order valence-electron chi connectivity index (χ3n) is 11.6. The maximum absolute atomic E-state index is 6.64. The van der Waals surface area contributed by atoms with Gasteiger partial charge in [0.15, 0.2) is 5.58 Å². The summed E-state index contributed by atoms with van der Waals surface area (Å²) in [6, 6.07) is 57.8. The Balaban J connectivity index is 1.23. The molecule has 5 nitrogen and oxygen atoms in total. The highest BCUT2D eigenvalue weighted by Crippen LogP contribution is 2.45. The molecule has 0 bridgehead atoms. The molecule has 0 radical (unpaired) electrons. The number of aromatic nitrogens is 3. The summed E-state index contributed by atoms with van der Waals surface area (Å²) in [6.07, 6.45) is 0. The lowest BCUT2D eigenvalue weighted by Crippen LogP contribution is -2.03. The van der Waals surface area contributed by atoms with Gasteiger partial charge >= 0.3 is 0 Å². The fourth-order valence-electron chi connectivity index (χ4n) is 9.20. The highest BCUT2D eigenvalue weighted by atomic mass is 16.3. The molecule has 0 amide bonds. The first-order chi connectivity index (χ1) is 27.3. The molecule has 5 heteroatoms. The van der Waals surface area contributed by atoms with Gasteiger partial charge in [-0.25, -0.2) is 9.97 Å². The number of hydrogen-bond acceptors (Lipinski definition) is 4. The Morgan fingerprint density at radius 3 is 1.75 bits per heavy atom. The maximum Gasteiger partial charge on any atom is 0.236 e. The second kappa shape index (κ2) is 10.6. The monoisotopic (exact) mass is 701 g/mol. The third-order valence-corrected chi connectivity index (χ3v) is 11.6. The number of benzene rings is 9. The van der Waals surface area contributed by atoms with Crippen molar-refractivity contribution in [1.82, 2.24) is 14.5 Å². The lowest BCUT2D eigenvalue weighted by molar-refractivity contribution is 0.662. The van der Waals surface area contributed by atoms with Crippen molar-refractivity contribution < 1.29 is 8.83 Å². The minimum absolute atomic E-state index is 0.571. The Labute approximate surface area is 312 Å². The van der Waals surface area contributed by atoms with Gasteiger partial charge < -0.3 is 8.83 Å². The average Bonchev–Trinajstić information content (AvgIpc) is 3.92. The molecule has 0 aliphatic heterocycles. The molecule has 55 heavy (non-hydrogen) atoms. The van der Waals surface area contributed by atoms with Crippen LogP contribution in [-0.2, 0) is 0 Å².